The van der Waals surface area contributed by atoms with Crippen LogP contribution in [0.4, 0.5) is 10.1 Å². The molecule has 5 heteroatoms. The van der Waals surface area contributed by atoms with Crippen LogP contribution < -0.4 is 5.32 Å². The van der Waals surface area contributed by atoms with Gasteiger partial charge in [0.05, 0.1) is 10.2 Å². The van der Waals surface area contributed by atoms with Crippen molar-refractivity contribution in [3.05, 3.63) is 50.4 Å². The van der Waals surface area contributed by atoms with Crippen LogP contribution in [0.1, 0.15) is 22.8 Å². The molecule has 92 valence electrons. The third-order valence-electron chi connectivity index (χ3n) is 3.02. The number of benzene rings is 1. The molecule has 1 aliphatic heterocycles. The van der Waals surface area contributed by atoms with E-state index in [0.29, 0.717) is 10.9 Å². The van der Waals surface area contributed by atoms with Crippen LogP contribution in [0, 0.1) is 5.82 Å². The molecule has 0 spiro atoms. The fourth-order valence-corrected chi connectivity index (χ4v) is 3.55. The fourth-order valence-electron chi connectivity index (χ4n) is 2.17. The molecule has 1 N–H and O–H groups in total. The molecule has 1 aromatic carbocycles. The lowest BCUT2D eigenvalue weighted by Gasteiger charge is -2.23. The van der Waals surface area contributed by atoms with E-state index in [-0.39, 0.29) is 17.6 Å². The van der Waals surface area contributed by atoms with Crippen LogP contribution in [0.25, 0.3) is 0 Å². The first-order valence-corrected chi connectivity index (χ1v) is 7.14. The van der Waals surface area contributed by atoms with E-state index in [9.17, 15) is 9.18 Å². The van der Waals surface area contributed by atoms with E-state index < -0.39 is 0 Å². The fraction of sp³-hybridized carbons (Fsp3) is 0.154. The number of rotatable bonds is 1. The van der Waals surface area contributed by atoms with Crippen molar-refractivity contribution in [2.75, 3.05) is 5.32 Å². The standard InChI is InChI=1S/C13H9BrFNOS/c14-9-5-7(1-2-10(9)15)8-6-12(17)16-11-3-4-18-13(8)11/h1-5,8H,6H2,(H,16,17)/t8-/m0/s1. The van der Waals surface area contributed by atoms with Gasteiger partial charge >= 0.3 is 0 Å². The number of nitrogens with one attached hydrogen (secondary N) is 1. The molecule has 0 saturated carbocycles. The Morgan fingerprint density at radius 3 is 3.00 bits per heavy atom. The summed E-state index contributed by atoms with van der Waals surface area (Å²) in [5, 5.41) is 4.81. The number of carbonyl (C=O) groups excluding carboxylic acids is 1. The summed E-state index contributed by atoms with van der Waals surface area (Å²) in [6.45, 7) is 0. The van der Waals surface area contributed by atoms with Gasteiger partial charge in [-0.25, -0.2) is 4.39 Å². The van der Waals surface area contributed by atoms with Crippen molar-refractivity contribution in [1.29, 1.82) is 0 Å². The van der Waals surface area contributed by atoms with Crippen LogP contribution in [0.5, 0.6) is 0 Å². The Morgan fingerprint density at radius 1 is 1.39 bits per heavy atom. The molecular weight excluding hydrogens is 317 g/mol. The van der Waals surface area contributed by atoms with E-state index in [1.54, 1.807) is 23.5 Å². The molecule has 1 atom stereocenters. The Kier molecular flexibility index (Phi) is 2.95. The summed E-state index contributed by atoms with van der Waals surface area (Å²) in [7, 11) is 0. The monoisotopic (exact) mass is 325 g/mol. The molecule has 0 saturated heterocycles. The van der Waals surface area contributed by atoms with Crippen LogP contribution in [0.15, 0.2) is 34.1 Å². The van der Waals surface area contributed by atoms with Gasteiger partial charge in [-0.2, -0.15) is 0 Å². The number of halogens is 2. The van der Waals surface area contributed by atoms with Crippen LogP contribution in [-0.2, 0) is 4.79 Å². The molecule has 1 aromatic heterocycles. The van der Waals surface area contributed by atoms with Crippen molar-refractivity contribution in [1.82, 2.24) is 0 Å². The normalized spacial score (nSPS) is 18.3. The first kappa shape index (κ1) is 11.9. The van der Waals surface area contributed by atoms with Gasteiger partial charge in [0, 0.05) is 17.2 Å². The summed E-state index contributed by atoms with van der Waals surface area (Å²) >= 11 is 4.80. The summed E-state index contributed by atoms with van der Waals surface area (Å²) in [4.78, 5) is 12.8. The van der Waals surface area contributed by atoms with Gasteiger partial charge in [0.2, 0.25) is 5.91 Å². The number of amides is 1. The maximum atomic E-state index is 13.3. The zero-order valence-electron chi connectivity index (χ0n) is 9.24. The lowest BCUT2D eigenvalue weighted by atomic mass is 9.91. The first-order valence-electron chi connectivity index (χ1n) is 5.47. The minimum atomic E-state index is -0.287. The van der Waals surface area contributed by atoms with Crippen molar-refractivity contribution >= 4 is 38.9 Å². The smallest absolute Gasteiger partial charge is 0.225 e. The molecule has 0 bridgehead atoms. The van der Waals surface area contributed by atoms with Gasteiger partial charge < -0.3 is 5.32 Å². The number of hydrogen-bond acceptors (Lipinski definition) is 2. The van der Waals surface area contributed by atoms with Gasteiger partial charge in [-0.05, 0) is 45.1 Å². The van der Waals surface area contributed by atoms with Crippen molar-refractivity contribution in [2.24, 2.45) is 0 Å². The molecule has 18 heavy (non-hydrogen) atoms. The maximum Gasteiger partial charge on any atom is 0.225 e. The molecule has 2 nitrogen and oxygen atoms in total. The summed E-state index contributed by atoms with van der Waals surface area (Å²) < 4.78 is 13.7. The van der Waals surface area contributed by atoms with E-state index in [2.05, 4.69) is 21.2 Å². The molecule has 3 rings (SSSR count). The van der Waals surface area contributed by atoms with Crippen molar-refractivity contribution in [2.45, 2.75) is 12.3 Å². The molecule has 1 aliphatic rings. The van der Waals surface area contributed by atoms with Gasteiger partial charge in [-0.3, -0.25) is 4.79 Å². The van der Waals surface area contributed by atoms with Crippen LogP contribution in [0.3, 0.4) is 0 Å². The zero-order valence-corrected chi connectivity index (χ0v) is 11.6. The van der Waals surface area contributed by atoms with E-state index in [0.717, 1.165) is 16.1 Å². The highest BCUT2D eigenvalue weighted by Gasteiger charge is 2.27. The predicted octanol–water partition coefficient (Wildman–Crippen LogP) is 4.12. The van der Waals surface area contributed by atoms with Gasteiger partial charge in [0.25, 0.3) is 0 Å². The Balaban J connectivity index is 2.07. The average Bonchev–Trinajstić information content (AvgIpc) is 2.79. The molecule has 2 heterocycles. The van der Waals surface area contributed by atoms with Crippen molar-refractivity contribution in [3.8, 4) is 0 Å². The van der Waals surface area contributed by atoms with Gasteiger partial charge in [-0.15, -0.1) is 11.3 Å². The largest absolute Gasteiger partial charge is 0.325 e. The summed E-state index contributed by atoms with van der Waals surface area (Å²) in [6, 6.07) is 6.83. The summed E-state index contributed by atoms with van der Waals surface area (Å²) in [6.07, 6.45) is 0.408. The SMILES string of the molecule is O=C1C[C@@H](c2ccc(F)c(Br)c2)c2sccc2N1. The Labute approximate surface area is 116 Å². The van der Waals surface area contributed by atoms with Crippen molar-refractivity contribution in [3.63, 3.8) is 0 Å². The second-order valence-electron chi connectivity index (χ2n) is 4.18. The van der Waals surface area contributed by atoms with Gasteiger partial charge in [0.15, 0.2) is 0 Å². The van der Waals surface area contributed by atoms with Crippen LogP contribution in [-0.4, -0.2) is 5.91 Å². The van der Waals surface area contributed by atoms with Crippen LogP contribution >= 0.6 is 27.3 Å². The highest BCUT2D eigenvalue weighted by Crippen LogP contribution is 2.41. The van der Waals surface area contributed by atoms with Crippen LogP contribution in [0.2, 0.25) is 0 Å². The average molecular weight is 326 g/mol. The second kappa shape index (κ2) is 4.48. The minimum absolute atomic E-state index is 0.00588. The van der Waals surface area contributed by atoms with E-state index in [1.807, 2.05) is 11.4 Å². The molecule has 1 amide bonds. The first-order chi connectivity index (χ1) is 8.65. The third-order valence-corrected chi connectivity index (χ3v) is 4.66. The van der Waals surface area contributed by atoms with E-state index in [1.165, 1.54) is 6.07 Å². The number of hydrogen-bond donors (Lipinski definition) is 1. The molecular formula is C13H9BrFNOS. The predicted molar refractivity (Wildman–Crippen MR) is 73.5 cm³/mol. The van der Waals surface area contributed by atoms with Gasteiger partial charge in [0.1, 0.15) is 5.82 Å². The lowest BCUT2D eigenvalue weighted by molar-refractivity contribution is -0.116. The summed E-state index contributed by atoms with van der Waals surface area (Å²) in [5.74, 6) is -0.262. The molecule has 0 aliphatic carbocycles. The topological polar surface area (TPSA) is 29.1 Å². The molecule has 0 fully saturated rings. The zero-order chi connectivity index (χ0) is 12.7. The maximum absolute atomic E-state index is 13.3. The minimum Gasteiger partial charge on any atom is -0.325 e. The van der Waals surface area contributed by atoms with Crippen molar-refractivity contribution < 1.29 is 9.18 Å². The quantitative estimate of drug-likeness (QED) is 0.839. The lowest BCUT2D eigenvalue weighted by Crippen LogP contribution is -2.21. The summed E-state index contributed by atoms with van der Waals surface area (Å²) in [5.41, 5.74) is 1.84. The number of carbonyl (C=O) groups is 1. The Bertz CT molecular complexity index is 625. The van der Waals surface area contributed by atoms with E-state index in [4.69, 9.17) is 0 Å². The molecule has 2 aromatic rings. The highest BCUT2D eigenvalue weighted by molar-refractivity contribution is 9.10. The Hall–Kier alpha value is -1.20. The number of anilines is 1. The van der Waals surface area contributed by atoms with Gasteiger partial charge in [-0.1, -0.05) is 6.07 Å². The molecule has 0 radical (unpaired) electrons. The molecule has 0 unspecified atom stereocenters. The number of fused-ring (bicyclic) bond motifs is 1. The third kappa shape index (κ3) is 1.97. The highest BCUT2D eigenvalue weighted by atomic mass is 79.9. The Morgan fingerprint density at radius 2 is 2.22 bits per heavy atom. The second-order valence-corrected chi connectivity index (χ2v) is 5.98. The van der Waals surface area contributed by atoms with E-state index >= 15 is 0 Å². The number of thiophene rings is 1.